The molecule has 0 bridgehead atoms. The quantitative estimate of drug-likeness (QED) is 0.664. The Hall–Kier alpha value is -0.810. The molecule has 2 atom stereocenters. The van der Waals surface area contributed by atoms with Gasteiger partial charge in [-0.3, -0.25) is 9.59 Å². The Kier molecular flexibility index (Phi) is 8.75. The van der Waals surface area contributed by atoms with E-state index in [1.165, 1.54) is 0 Å². The number of nitrogens with one attached hydrogen (secondary N) is 2. The van der Waals surface area contributed by atoms with Crippen molar-refractivity contribution in [2.75, 3.05) is 13.1 Å². The molecule has 1 saturated carbocycles. The van der Waals surface area contributed by atoms with Gasteiger partial charge in [0.15, 0.2) is 0 Å². The number of nitrogens with two attached hydrogens (primary N) is 1. The third-order valence-corrected chi connectivity index (χ3v) is 3.18. The van der Waals surface area contributed by atoms with Crippen molar-refractivity contribution in [2.45, 2.75) is 45.1 Å². The van der Waals surface area contributed by atoms with Crippen LogP contribution < -0.4 is 16.4 Å². The van der Waals surface area contributed by atoms with Gasteiger partial charge >= 0.3 is 0 Å². The van der Waals surface area contributed by atoms with Gasteiger partial charge < -0.3 is 16.4 Å². The predicted molar refractivity (Wildman–Crippen MR) is 73.5 cm³/mol. The predicted octanol–water partition coefficient (Wildman–Crippen LogP) is 0.568. The highest BCUT2D eigenvalue weighted by atomic mass is 35.5. The van der Waals surface area contributed by atoms with Gasteiger partial charge in [-0.25, -0.2) is 0 Å². The molecule has 0 radical (unpaired) electrons. The minimum atomic E-state index is -0.129. The van der Waals surface area contributed by atoms with Crippen LogP contribution in [0.1, 0.15) is 39.0 Å². The third kappa shape index (κ3) is 6.21. The highest BCUT2D eigenvalue weighted by molar-refractivity contribution is 5.85. The summed E-state index contributed by atoms with van der Waals surface area (Å²) in [7, 11) is 0. The maximum atomic E-state index is 11.6. The second-order valence-electron chi connectivity index (χ2n) is 4.69. The first-order valence-electron chi connectivity index (χ1n) is 6.42. The van der Waals surface area contributed by atoms with Crippen LogP contribution >= 0.6 is 12.4 Å². The van der Waals surface area contributed by atoms with Gasteiger partial charge in [0.1, 0.15) is 0 Å². The zero-order valence-electron chi connectivity index (χ0n) is 10.9. The van der Waals surface area contributed by atoms with E-state index in [9.17, 15) is 9.59 Å². The fourth-order valence-electron chi connectivity index (χ4n) is 2.14. The molecule has 0 heterocycles. The van der Waals surface area contributed by atoms with Crippen molar-refractivity contribution in [2.24, 2.45) is 11.7 Å². The summed E-state index contributed by atoms with van der Waals surface area (Å²) < 4.78 is 0. The maximum Gasteiger partial charge on any atom is 0.239 e. The number of rotatable bonds is 6. The molecule has 1 fully saturated rings. The molecule has 5 nitrogen and oxygen atoms in total. The molecule has 0 aliphatic heterocycles. The van der Waals surface area contributed by atoms with Gasteiger partial charge in [-0.15, -0.1) is 12.4 Å². The minimum Gasteiger partial charge on any atom is -0.355 e. The summed E-state index contributed by atoms with van der Waals surface area (Å²) in [5, 5.41) is 5.34. The van der Waals surface area contributed by atoms with E-state index >= 15 is 0 Å². The van der Waals surface area contributed by atoms with Crippen LogP contribution in [-0.4, -0.2) is 30.9 Å². The van der Waals surface area contributed by atoms with E-state index in [1.54, 1.807) is 0 Å². The van der Waals surface area contributed by atoms with Gasteiger partial charge in [0.25, 0.3) is 0 Å². The highest BCUT2D eigenvalue weighted by Gasteiger charge is 2.25. The molecule has 106 valence electrons. The van der Waals surface area contributed by atoms with Crippen molar-refractivity contribution in [3.63, 3.8) is 0 Å². The lowest BCUT2D eigenvalue weighted by Gasteiger charge is -2.14. The Morgan fingerprint density at radius 3 is 2.50 bits per heavy atom. The number of halogens is 1. The average Bonchev–Trinajstić information content (AvgIpc) is 2.69. The summed E-state index contributed by atoms with van der Waals surface area (Å²) >= 11 is 0. The monoisotopic (exact) mass is 277 g/mol. The summed E-state index contributed by atoms with van der Waals surface area (Å²) in [5.41, 5.74) is 5.89. The van der Waals surface area contributed by atoms with Gasteiger partial charge in [-0.05, 0) is 25.2 Å². The summed E-state index contributed by atoms with van der Waals surface area (Å²) in [4.78, 5) is 22.8. The topological polar surface area (TPSA) is 84.2 Å². The standard InChI is InChI=1S/C12H23N3O2.ClH/c1-2-6-14-12(17)8-15-11(16)7-9-4-3-5-10(9)13;/h9-10H,2-8,13H2,1H3,(H,14,17)(H,15,16);1H/t9-,10+;/m0./s1. The van der Waals surface area contributed by atoms with Crippen LogP contribution in [0.25, 0.3) is 0 Å². The first-order valence-corrected chi connectivity index (χ1v) is 6.42. The molecule has 1 aliphatic rings. The Balaban J connectivity index is 0.00000289. The Labute approximate surface area is 115 Å². The van der Waals surface area contributed by atoms with Crippen LogP contribution in [0.15, 0.2) is 0 Å². The fraction of sp³-hybridized carbons (Fsp3) is 0.833. The molecule has 0 saturated heterocycles. The van der Waals surface area contributed by atoms with Crippen LogP contribution in [0.5, 0.6) is 0 Å². The van der Waals surface area contributed by atoms with Crippen LogP contribution in [0, 0.1) is 5.92 Å². The number of carbonyl (C=O) groups is 2. The summed E-state index contributed by atoms with van der Waals surface area (Å²) in [6.07, 6.45) is 4.49. The molecule has 18 heavy (non-hydrogen) atoms. The van der Waals surface area contributed by atoms with Gasteiger partial charge in [0.2, 0.25) is 11.8 Å². The molecular weight excluding hydrogens is 254 g/mol. The molecule has 4 N–H and O–H groups in total. The first kappa shape index (κ1) is 17.2. The molecule has 1 aliphatic carbocycles. The molecule has 0 aromatic rings. The zero-order valence-corrected chi connectivity index (χ0v) is 11.7. The molecule has 2 amide bonds. The third-order valence-electron chi connectivity index (χ3n) is 3.18. The van der Waals surface area contributed by atoms with Crippen molar-refractivity contribution in [1.29, 1.82) is 0 Å². The van der Waals surface area contributed by atoms with E-state index in [-0.39, 0.29) is 42.7 Å². The normalized spacial score (nSPS) is 22.1. The van der Waals surface area contributed by atoms with Gasteiger partial charge in [-0.1, -0.05) is 13.3 Å². The molecule has 0 spiro atoms. The SMILES string of the molecule is CCCNC(=O)CNC(=O)C[C@@H]1CCC[C@H]1N.Cl. The van der Waals surface area contributed by atoms with Crippen molar-refractivity contribution in [1.82, 2.24) is 10.6 Å². The summed E-state index contributed by atoms with van der Waals surface area (Å²) in [6, 6.07) is 0.148. The summed E-state index contributed by atoms with van der Waals surface area (Å²) in [5.74, 6) is 0.0867. The van der Waals surface area contributed by atoms with Crippen molar-refractivity contribution >= 4 is 24.2 Å². The number of amides is 2. The van der Waals surface area contributed by atoms with Crippen molar-refractivity contribution < 1.29 is 9.59 Å². The molecule has 0 aromatic carbocycles. The van der Waals surface area contributed by atoms with Gasteiger partial charge in [-0.2, -0.15) is 0 Å². The minimum absolute atomic E-state index is 0. The van der Waals surface area contributed by atoms with Crippen LogP contribution in [-0.2, 0) is 9.59 Å². The first-order chi connectivity index (χ1) is 8.13. The maximum absolute atomic E-state index is 11.6. The van der Waals surface area contributed by atoms with E-state index in [0.717, 1.165) is 25.7 Å². The van der Waals surface area contributed by atoms with E-state index in [4.69, 9.17) is 5.73 Å². The molecule has 0 unspecified atom stereocenters. The molecular formula is C12H24ClN3O2. The van der Waals surface area contributed by atoms with E-state index in [1.807, 2.05) is 6.92 Å². The Morgan fingerprint density at radius 1 is 1.22 bits per heavy atom. The lowest BCUT2D eigenvalue weighted by molar-refractivity contribution is -0.126. The average molecular weight is 278 g/mol. The second-order valence-corrected chi connectivity index (χ2v) is 4.69. The number of hydrogen-bond donors (Lipinski definition) is 3. The molecule has 1 rings (SSSR count). The van der Waals surface area contributed by atoms with Crippen molar-refractivity contribution in [3.05, 3.63) is 0 Å². The van der Waals surface area contributed by atoms with Crippen LogP contribution in [0.2, 0.25) is 0 Å². The fourth-order valence-corrected chi connectivity index (χ4v) is 2.14. The summed E-state index contributed by atoms with van der Waals surface area (Å²) in [6.45, 7) is 2.71. The largest absolute Gasteiger partial charge is 0.355 e. The van der Waals surface area contributed by atoms with Crippen LogP contribution in [0.3, 0.4) is 0 Å². The number of hydrogen-bond acceptors (Lipinski definition) is 3. The number of carbonyl (C=O) groups excluding carboxylic acids is 2. The lowest BCUT2D eigenvalue weighted by atomic mass is 10.00. The lowest BCUT2D eigenvalue weighted by Crippen LogP contribution is -2.38. The van der Waals surface area contributed by atoms with Crippen LogP contribution in [0.4, 0.5) is 0 Å². The zero-order chi connectivity index (χ0) is 12.7. The molecule has 0 aromatic heterocycles. The van der Waals surface area contributed by atoms with Gasteiger partial charge in [0.05, 0.1) is 6.54 Å². The van der Waals surface area contributed by atoms with Crippen molar-refractivity contribution in [3.8, 4) is 0 Å². The smallest absolute Gasteiger partial charge is 0.239 e. The van der Waals surface area contributed by atoms with E-state index in [0.29, 0.717) is 13.0 Å². The molecule has 6 heteroatoms. The van der Waals surface area contributed by atoms with E-state index < -0.39 is 0 Å². The highest BCUT2D eigenvalue weighted by Crippen LogP contribution is 2.26. The Bertz CT molecular complexity index is 274. The Morgan fingerprint density at radius 2 is 1.94 bits per heavy atom. The van der Waals surface area contributed by atoms with Gasteiger partial charge in [0, 0.05) is 19.0 Å². The second kappa shape index (κ2) is 9.16. The van der Waals surface area contributed by atoms with E-state index in [2.05, 4.69) is 10.6 Å².